The van der Waals surface area contributed by atoms with Crippen LogP contribution in [0.15, 0.2) is 12.4 Å². The van der Waals surface area contributed by atoms with Crippen LogP contribution in [0.3, 0.4) is 0 Å². The van der Waals surface area contributed by atoms with E-state index in [-0.39, 0.29) is 11.9 Å². The highest BCUT2D eigenvalue weighted by Gasteiger charge is 2.36. The van der Waals surface area contributed by atoms with E-state index in [4.69, 9.17) is 0 Å². The van der Waals surface area contributed by atoms with Crippen LogP contribution < -0.4 is 5.43 Å². The van der Waals surface area contributed by atoms with Crippen molar-refractivity contribution in [2.24, 2.45) is 5.92 Å². The van der Waals surface area contributed by atoms with Gasteiger partial charge >= 0.3 is 0 Å². The number of hydrogen-bond donors (Lipinski definition) is 1. The number of amides is 1. The van der Waals surface area contributed by atoms with E-state index in [1.165, 1.54) is 12.8 Å². The van der Waals surface area contributed by atoms with Gasteiger partial charge in [0, 0.05) is 25.5 Å². The Labute approximate surface area is 83.5 Å². The van der Waals surface area contributed by atoms with Crippen molar-refractivity contribution in [3.63, 3.8) is 0 Å². The third kappa shape index (κ3) is 1.30. The highest BCUT2D eigenvalue weighted by Crippen LogP contribution is 2.31. The van der Waals surface area contributed by atoms with Crippen LogP contribution >= 0.6 is 0 Å². The van der Waals surface area contributed by atoms with Gasteiger partial charge in [0.15, 0.2) is 0 Å². The molecule has 0 aromatic rings. The maximum Gasteiger partial charge on any atom is 0.250 e. The topological polar surface area (TPSA) is 35.6 Å². The molecule has 0 aromatic heterocycles. The van der Waals surface area contributed by atoms with Crippen molar-refractivity contribution in [1.82, 2.24) is 15.3 Å². The summed E-state index contributed by atoms with van der Waals surface area (Å²) in [6, 6.07) is 0.0544. The third-order valence-electron chi connectivity index (χ3n) is 3.18. The lowest BCUT2D eigenvalue weighted by Gasteiger charge is -2.31. The van der Waals surface area contributed by atoms with Gasteiger partial charge in [-0.2, -0.15) is 0 Å². The molecule has 2 aliphatic heterocycles. The highest BCUT2D eigenvalue weighted by atomic mass is 16.2. The summed E-state index contributed by atoms with van der Waals surface area (Å²) in [6.45, 7) is 1.84. The number of fused-ring (bicyclic) bond motifs is 1. The van der Waals surface area contributed by atoms with E-state index < -0.39 is 0 Å². The van der Waals surface area contributed by atoms with E-state index in [0.717, 1.165) is 25.4 Å². The maximum atomic E-state index is 12.0. The molecule has 1 saturated heterocycles. The Morgan fingerprint density at radius 2 is 2.21 bits per heavy atom. The predicted octanol–water partition coefficient (Wildman–Crippen LogP) is 0.289. The minimum absolute atomic E-state index is 0.0544. The zero-order valence-electron chi connectivity index (χ0n) is 8.15. The van der Waals surface area contributed by atoms with Gasteiger partial charge in [-0.05, 0) is 25.2 Å². The number of nitrogens with one attached hydrogen (secondary N) is 1. The number of nitrogens with zero attached hydrogens (tertiary/aromatic N) is 2. The molecular formula is C10H15N3O. The molecule has 14 heavy (non-hydrogen) atoms. The second kappa shape index (κ2) is 2.98. The molecule has 1 unspecified atom stereocenters. The van der Waals surface area contributed by atoms with Gasteiger partial charge in [-0.1, -0.05) is 0 Å². The first-order valence-electron chi connectivity index (χ1n) is 5.35. The molecule has 1 N–H and O–H groups in total. The van der Waals surface area contributed by atoms with Gasteiger partial charge in [0.1, 0.15) is 6.04 Å². The predicted molar refractivity (Wildman–Crippen MR) is 51.8 cm³/mol. The summed E-state index contributed by atoms with van der Waals surface area (Å²) in [5.41, 5.74) is 3.18. The van der Waals surface area contributed by atoms with Crippen LogP contribution in [0.4, 0.5) is 0 Å². The molecule has 2 fully saturated rings. The van der Waals surface area contributed by atoms with Crippen molar-refractivity contribution in [2.45, 2.75) is 25.3 Å². The summed E-state index contributed by atoms with van der Waals surface area (Å²) >= 11 is 0. The van der Waals surface area contributed by atoms with Crippen molar-refractivity contribution in [3.8, 4) is 0 Å². The van der Waals surface area contributed by atoms with Crippen molar-refractivity contribution >= 4 is 5.91 Å². The second-order valence-corrected chi connectivity index (χ2v) is 4.35. The van der Waals surface area contributed by atoms with Crippen molar-refractivity contribution in [2.75, 3.05) is 13.1 Å². The summed E-state index contributed by atoms with van der Waals surface area (Å²) < 4.78 is 0. The number of rotatable bonds is 2. The number of carbonyl (C=O) groups is 1. The van der Waals surface area contributed by atoms with Crippen LogP contribution in [0.5, 0.6) is 0 Å². The smallest absolute Gasteiger partial charge is 0.250 e. The van der Waals surface area contributed by atoms with E-state index >= 15 is 0 Å². The zero-order chi connectivity index (χ0) is 9.54. The first-order chi connectivity index (χ1) is 6.84. The Hall–Kier alpha value is -1.03. The standard InChI is InChI=1S/C10H15N3O/c14-10-9-3-4-11-13(9)6-5-12(10)7-8-1-2-8/h5-6,8-9,11H,1-4,7H2. The number of hydrazine groups is 1. The summed E-state index contributed by atoms with van der Waals surface area (Å²) in [6.07, 6.45) is 7.43. The quantitative estimate of drug-likeness (QED) is 0.684. The maximum absolute atomic E-state index is 12.0. The number of hydrogen-bond acceptors (Lipinski definition) is 3. The summed E-state index contributed by atoms with van der Waals surface area (Å²) in [5, 5.41) is 1.94. The van der Waals surface area contributed by atoms with Crippen LogP contribution in [0.1, 0.15) is 19.3 Å². The zero-order valence-corrected chi connectivity index (χ0v) is 8.15. The lowest BCUT2D eigenvalue weighted by molar-refractivity contribution is -0.134. The summed E-state index contributed by atoms with van der Waals surface area (Å²) in [4.78, 5) is 13.9. The van der Waals surface area contributed by atoms with Gasteiger partial charge in [-0.3, -0.25) is 4.79 Å². The monoisotopic (exact) mass is 193 g/mol. The van der Waals surface area contributed by atoms with Gasteiger partial charge in [0.2, 0.25) is 0 Å². The Morgan fingerprint density at radius 1 is 1.36 bits per heavy atom. The molecule has 1 atom stereocenters. The molecule has 4 nitrogen and oxygen atoms in total. The Bertz CT molecular complexity index is 285. The minimum atomic E-state index is 0.0544. The van der Waals surface area contributed by atoms with Gasteiger partial charge in [-0.15, -0.1) is 0 Å². The lowest BCUT2D eigenvalue weighted by Crippen LogP contribution is -2.48. The van der Waals surface area contributed by atoms with Gasteiger partial charge < -0.3 is 9.91 Å². The van der Waals surface area contributed by atoms with Crippen molar-refractivity contribution < 1.29 is 4.79 Å². The van der Waals surface area contributed by atoms with Crippen LogP contribution in [0.25, 0.3) is 0 Å². The van der Waals surface area contributed by atoms with E-state index in [9.17, 15) is 4.79 Å². The fraction of sp³-hybridized carbons (Fsp3) is 0.700. The fourth-order valence-corrected chi connectivity index (χ4v) is 2.13. The van der Waals surface area contributed by atoms with E-state index in [1.807, 2.05) is 22.3 Å². The van der Waals surface area contributed by atoms with Gasteiger partial charge in [0.25, 0.3) is 5.91 Å². The Morgan fingerprint density at radius 3 is 3.00 bits per heavy atom. The molecule has 3 rings (SSSR count). The average molecular weight is 193 g/mol. The molecule has 4 heteroatoms. The second-order valence-electron chi connectivity index (χ2n) is 4.35. The largest absolute Gasteiger partial charge is 0.315 e. The Kier molecular flexibility index (Phi) is 1.77. The fourth-order valence-electron chi connectivity index (χ4n) is 2.13. The lowest BCUT2D eigenvalue weighted by atomic mass is 10.1. The van der Waals surface area contributed by atoms with Crippen LogP contribution in [0.2, 0.25) is 0 Å². The highest BCUT2D eigenvalue weighted by molar-refractivity contribution is 5.84. The molecule has 0 spiro atoms. The Balaban J connectivity index is 1.74. The molecule has 1 aliphatic carbocycles. The first kappa shape index (κ1) is 8.29. The van der Waals surface area contributed by atoms with Crippen LogP contribution in [-0.4, -0.2) is 34.9 Å². The normalized spacial score (nSPS) is 31.1. The van der Waals surface area contributed by atoms with Crippen LogP contribution in [0, 0.1) is 5.92 Å². The molecule has 76 valence electrons. The molecule has 0 radical (unpaired) electrons. The molecule has 1 saturated carbocycles. The minimum Gasteiger partial charge on any atom is -0.315 e. The molecule has 2 heterocycles. The third-order valence-corrected chi connectivity index (χ3v) is 3.18. The first-order valence-corrected chi connectivity index (χ1v) is 5.35. The molecule has 3 aliphatic rings. The number of carbonyl (C=O) groups excluding carboxylic acids is 1. The molecule has 0 aromatic carbocycles. The van der Waals surface area contributed by atoms with Crippen LogP contribution in [-0.2, 0) is 4.79 Å². The summed E-state index contributed by atoms with van der Waals surface area (Å²) in [7, 11) is 0. The van der Waals surface area contributed by atoms with Gasteiger partial charge in [-0.25, -0.2) is 5.43 Å². The molecule has 1 amide bonds. The SMILES string of the molecule is O=C1C2CCNN2C=CN1CC1CC1. The average Bonchev–Trinajstić information content (AvgIpc) is 2.85. The van der Waals surface area contributed by atoms with E-state index in [1.54, 1.807) is 0 Å². The van der Waals surface area contributed by atoms with E-state index in [0.29, 0.717) is 0 Å². The molecule has 0 bridgehead atoms. The summed E-state index contributed by atoms with van der Waals surface area (Å²) in [5.74, 6) is 1.04. The van der Waals surface area contributed by atoms with E-state index in [2.05, 4.69) is 5.43 Å². The van der Waals surface area contributed by atoms with Crippen molar-refractivity contribution in [3.05, 3.63) is 12.4 Å². The van der Waals surface area contributed by atoms with Crippen molar-refractivity contribution in [1.29, 1.82) is 0 Å². The molecular weight excluding hydrogens is 178 g/mol. The van der Waals surface area contributed by atoms with Gasteiger partial charge in [0.05, 0.1) is 0 Å².